The van der Waals surface area contributed by atoms with Gasteiger partial charge in [0.15, 0.2) is 5.78 Å². The number of H-pyrrole nitrogens is 1. The molecule has 5 nitrogen and oxygen atoms in total. The molecule has 2 heterocycles. The Morgan fingerprint density at radius 2 is 1.88 bits per heavy atom. The Hall–Kier alpha value is -3.54. The van der Waals surface area contributed by atoms with E-state index in [0.717, 1.165) is 65.6 Å². The van der Waals surface area contributed by atoms with Crippen LogP contribution < -0.4 is 4.90 Å². The molecule has 0 spiro atoms. The number of terminal acetylenes is 1. The number of piperazine rings is 1. The minimum absolute atomic E-state index is 0.0272. The van der Waals surface area contributed by atoms with E-state index in [1.54, 1.807) is 0 Å². The second-order valence-electron chi connectivity index (χ2n) is 10.0. The second-order valence-corrected chi connectivity index (χ2v) is 10.0. The van der Waals surface area contributed by atoms with Crippen molar-refractivity contribution in [3.8, 4) is 18.4 Å². The minimum atomic E-state index is -0.410. The molecular formula is C28H26N4O. The van der Waals surface area contributed by atoms with Gasteiger partial charge >= 0.3 is 0 Å². The van der Waals surface area contributed by atoms with E-state index in [4.69, 9.17) is 6.42 Å². The van der Waals surface area contributed by atoms with Crippen molar-refractivity contribution in [1.29, 1.82) is 5.26 Å². The Labute approximate surface area is 194 Å². The number of carbonyl (C=O) groups is 1. The van der Waals surface area contributed by atoms with E-state index < -0.39 is 5.41 Å². The third-order valence-corrected chi connectivity index (χ3v) is 7.71. The fraction of sp³-hybridized carbons (Fsp3) is 0.357. The van der Waals surface area contributed by atoms with E-state index >= 15 is 0 Å². The molecule has 33 heavy (non-hydrogen) atoms. The van der Waals surface area contributed by atoms with Crippen molar-refractivity contribution in [1.82, 2.24) is 9.88 Å². The molecule has 6 rings (SSSR count). The summed E-state index contributed by atoms with van der Waals surface area (Å²) in [5.41, 5.74) is 5.99. The summed E-state index contributed by atoms with van der Waals surface area (Å²) in [4.78, 5) is 22.1. The summed E-state index contributed by atoms with van der Waals surface area (Å²) in [6.07, 6.45) is 8.22. The van der Waals surface area contributed by atoms with Crippen LogP contribution in [-0.4, -0.2) is 47.9 Å². The molecule has 1 N–H and O–H groups in total. The molecule has 0 amide bonds. The summed E-state index contributed by atoms with van der Waals surface area (Å²) in [7, 11) is 0. The number of hydrogen-bond acceptors (Lipinski definition) is 4. The van der Waals surface area contributed by atoms with Crippen molar-refractivity contribution in [2.24, 2.45) is 0 Å². The monoisotopic (exact) mass is 434 g/mol. The first-order chi connectivity index (χ1) is 15.9. The van der Waals surface area contributed by atoms with Crippen molar-refractivity contribution in [3.63, 3.8) is 0 Å². The Morgan fingerprint density at radius 3 is 2.55 bits per heavy atom. The lowest BCUT2D eigenvalue weighted by Crippen LogP contribution is -2.47. The van der Waals surface area contributed by atoms with Crippen LogP contribution in [0.1, 0.15) is 65.0 Å². The Morgan fingerprint density at radius 1 is 1.12 bits per heavy atom. The minimum Gasteiger partial charge on any atom is -0.368 e. The number of nitrogens with zero attached hydrogens (tertiary/aromatic N) is 3. The first-order valence-electron chi connectivity index (χ1n) is 11.7. The molecule has 3 aliphatic rings. The van der Waals surface area contributed by atoms with Gasteiger partial charge in [0.1, 0.15) is 6.07 Å². The van der Waals surface area contributed by atoms with Gasteiger partial charge in [0.25, 0.3) is 0 Å². The number of aromatic nitrogens is 1. The van der Waals surface area contributed by atoms with Crippen molar-refractivity contribution in [3.05, 3.63) is 63.8 Å². The molecule has 2 fully saturated rings. The lowest BCUT2D eigenvalue weighted by molar-refractivity contribution is 0.103. The highest BCUT2D eigenvalue weighted by molar-refractivity contribution is 6.20. The topological polar surface area (TPSA) is 63.1 Å². The van der Waals surface area contributed by atoms with E-state index in [-0.39, 0.29) is 5.78 Å². The van der Waals surface area contributed by atoms with Crippen molar-refractivity contribution < 1.29 is 4.79 Å². The van der Waals surface area contributed by atoms with Crippen LogP contribution in [0.3, 0.4) is 0 Å². The van der Waals surface area contributed by atoms with E-state index in [1.165, 1.54) is 12.8 Å². The summed E-state index contributed by atoms with van der Waals surface area (Å²) in [6, 6.07) is 12.8. The number of benzene rings is 2. The molecule has 0 bridgehead atoms. The van der Waals surface area contributed by atoms with Crippen LogP contribution in [0.4, 0.5) is 5.69 Å². The van der Waals surface area contributed by atoms with Gasteiger partial charge < -0.3 is 9.88 Å². The second kappa shape index (κ2) is 6.98. The zero-order valence-electron chi connectivity index (χ0n) is 19.0. The highest BCUT2D eigenvalue weighted by Gasteiger charge is 2.41. The average Bonchev–Trinajstić information content (AvgIpc) is 3.61. The average molecular weight is 435 g/mol. The van der Waals surface area contributed by atoms with Gasteiger partial charge in [0.05, 0.1) is 16.8 Å². The highest BCUT2D eigenvalue weighted by atomic mass is 16.1. The fourth-order valence-corrected chi connectivity index (χ4v) is 5.67. The lowest BCUT2D eigenvalue weighted by atomic mass is 9.70. The summed E-state index contributed by atoms with van der Waals surface area (Å²) < 4.78 is 0. The van der Waals surface area contributed by atoms with Crippen LogP contribution in [-0.2, 0) is 5.41 Å². The van der Waals surface area contributed by atoms with Gasteiger partial charge in [-0.15, -0.1) is 6.42 Å². The fourth-order valence-electron chi connectivity index (χ4n) is 5.67. The quantitative estimate of drug-likeness (QED) is 0.615. The maximum absolute atomic E-state index is 13.7. The summed E-state index contributed by atoms with van der Waals surface area (Å²) in [6.45, 7) is 8.16. The standard InChI is InChI=1S/C28H26N4O/c1-4-17-5-8-20-23(13-17)30-27-25(20)26(33)21-14-18(16-29)24(15-22(21)28(27,2)3)32-11-9-31(10-12-32)19-6-7-19/h1,5,8,13-15,19,30H,6-7,9-12H2,2-3H3. The third kappa shape index (κ3) is 2.93. The Kier molecular flexibility index (Phi) is 4.25. The molecule has 0 atom stereocenters. The van der Waals surface area contributed by atoms with Crippen molar-refractivity contribution in [2.45, 2.75) is 38.1 Å². The third-order valence-electron chi connectivity index (χ3n) is 7.71. The van der Waals surface area contributed by atoms with E-state index in [9.17, 15) is 10.1 Å². The largest absolute Gasteiger partial charge is 0.368 e. The molecule has 5 heteroatoms. The zero-order chi connectivity index (χ0) is 22.9. The Balaban J connectivity index is 1.46. The predicted octanol–water partition coefficient (Wildman–Crippen LogP) is 4.18. The molecular weight excluding hydrogens is 408 g/mol. The number of hydrogen-bond donors (Lipinski definition) is 1. The summed E-state index contributed by atoms with van der Waals surface area (Å²) in [5.74, 6) is 2.64. The molecule has 164 valence electrons. The predicted molar refractivity (Wildman–Crippen MR) is 130 cm³/mol. The van der Waals surface area contributed by atoms with E-state index in [2.05, 4.69) is 46.7 Å². The zero-order valence-corrected chi connectivity index (χ0v) is 19.0. The molecule has 0 unspecified atom stereocenters. The van der Waals surface area contributed by atoms with Crippen molar-refractivity contribution >= 4 is 22.4 Å². The first-order valence-corrected chi connectivity index (χ1v) is 11.7. The van der Waals surface area contributed by atoms with Crippen LogP contribution in [0, 0.1) is 23.7 Å². The first kappa shape index (κ1) is 20.1. The number of rotatable bonds is 2. The molecule has 1 aromatic heterocycles. The maximum Gasteiger partial charge on any atom is 0.195 e. The number of carbonyl (C=O) groups excluding carboxylic acids is 1. The van der Waals surface area contributed by atoms with Gasteiger partial charge in [-0.2, -0.15) is 5.26 Å². The molecule has 1 saturated carbocycles. The van der Waals surface area contributed by atoms with Crippen LogP contribution in [0.15, 0.2) is 30.3 Å². The molecule has 2 aromatic carbocycles. The molecule has 1 saturated heterocycles. The molecule has 0 radical (unpaired) electrons. The number of anilines is 1. The van der Waals surface area contributed by atoms with Crippen molar-refractivity contribution in [2.75, 3.05) is 31.1 Å². The van der Waals surface area contributed by atoms with Crippen LogP contribution in [0.2, 0.25) is 0 Å². The SMILES string of the molecule is C#Cc1ccc2c3c([nH]c2c1)C(C)(C)c1cc(N2CCN(C4CC4)CC2)c(C#N)cc1C3=O. The van der Waals surface area contributed by atoms with Crippen LogP contribution >= 0.6 is 0 Å². The van der Waals surface area contributed by atoms with Gasteiger partial charge in [0, 0.05) is 65.4 Å². The molecule has 2 aliphatic carbocycles. The number of aromatic amines is 1. The molecule has 1 aliphatic heterocycles. The van der Waals surface area contributed by atoms with Gasteiger partial charge in [-0.05, 0) is 42.7 Å². The van der Waals surface area contributed by atoms with Crippen LogP contribution in [0.5, 0.6) is 0 Å². The van der Waals surface area contributed by atoms with Gasteiger partial charge in [-0.3, -0.25) is 9.69 Å². The lowest BCUT2D eigenvalue weighted by Gasteiger charge is -2.38. The normalized spacial score (nSPS) is 19.6. The maximum atomic E-state index is 13.7. The highest BCUT2D eigenvalue weighted by Crippen LogP contribution is 2.45. The number of ketones is 1. The smallest absolute Gasteiger partial charge is 0.195 e. The van der Waals surface area contributed by atoms with E-state index in [1.807, 2.05) is 24.3 Å². The summed E-state index contributed by atoms with van der Waals surface area (Å²) >= 11 is 0. The van der Waals surface area contributed by atoms with Gasteiger partial charge in [-0.1, -0.05) is 25.8 Å². The number of fused-ring (bicyclic) bond motifs is 4. The summed E-state index contributed by atoms with van der Waals surface area (Å²) in [5, 5.41) is 10.9. The van der Waals surface area contributed by atoms with Gasteiger partial charge in [0.2, 0.25) is 0 Å². The molecule has 3 aromatic rings. The van der Waals surface area contributed by atoms with Gasteiger partial charge in [-0.25, -0.2) is 0 Å². The Bertz CT molecular complexity index is 1400. The number of nitrogens with one attached hydrogen (secondary N) is 1. The van der Waals surface area contributed by atoms with E-state index in [0.29, 0.717) is 16.7 Å². The van der Waals surface area contributed by atoms with Crippen LogP contribution in [0.25, 0.3) is 10.9 Å². The number of nitriles is 1.